The number of carbonyl (C=O) groups excluding carboxylic acids is 1. The smallest absolute Gasteiger partial charge is 0.407 e. The van der Waals surface area contributed by atoms with Gasteiger partial charge in [0, 0.05) is 50.9 Å². The average Bonchev–Trinajstić information content (AvgIpc) is 2.58. The van der Waals surface area contributed by atoms with Crippen molar-refractivity contribution in [3.8, 4) is 0 Å². The van der Waals surface area contributed by atoms with Gasteiger partial charge in [0.15, 0.2) is 0 Å². The number of fused-ring (bicyclic) bond motifs is 1. The number of hydrogen-bond donors (Lipinski definition) is 1. The maximum absolute atomic E-state index is 11.9. The zero-order valence-electron chi connectivity index (χ0n) is 16.4. The number of carbonyl (C=O) groups is 1. The highest BCUT2D eigenvalue weighted by Crippen LogP contribution is 2.23. The first-order valence-corrected chi connectivity index (χ1v) is 9.55. The van der Waals surface area contributed by atoms with Gasteiger partial charge in [-0.25, -0.2) is 14.8 Å². The molecule has 1 saturated heterocycles. The van der Waals surface area contributed by atoms with Gasteiger partial charge in [0.1, 0.15) is 5.60 Å². The van der Waals surface area contributed by atoms with Crippen molar-refractivity contribution in [3.63, 3.8) is 0 Å². The second kappa shape index (κ2) is 7.78. The van der Waals surface area contributed by atoms with Crippen LogP contribution in [0.15, 0.2) is 6.20 Å². The van der Waals surface area contributed by atoms with E-state index >= 15 is 0 Å². The van der Waals surface area contributed by atoms with Gasteiger partial charge in [0.2, 0.25) is 5.95 Å². The summed E-state index contributed by atoms with van der Waals surface area (Å²) in [5, 5.41) is 2.90. The molecule has 7 nitrogen and oxygen atoms in total. The van der Waals surface area contributed by atoms with Crippen LogP contribution in [0.2, 0.25) is 0 Å². The normalized spacial score (nSPS) is 21.2. The SMILES string of the molecule is CN1CCc2nc(N3CCCC(CNC(=O)OC(C)(C)C)C3)ncc2C1. The first kappa shape index (κ1) is 18.9. The summed E-state index contributed by atoms with van der Waals surface area (Å²) < 4.78 is 5.32. The van der Waals surface area contributed by atoms with Crippen molar-refractivity contribution < 1.29 is 9.53 Å². The van der Waals surface area contributed by atoms with Crippen LogP contribution in [0.3, 0.4) is 0 Å². The fourth-order valence-corrected chi connectivity index (χ4v) is 3.55. The van der Waals surface area contributed by atoms with Crippen LogP contribution in [0.4, 0.5) is 10.7 Å². The van der Waals surface area contributed by atoms with Gasteiger partial charge in [0.25, 0.3) is 0 Å². The molecular weight excluding hydrogens is 330 g/mol. The van der Waals surface area contributed by atoms with E-state index in [0.29, 0.717) is 12.5 Å². The summed E-state index contributed by atoms with van der Waals surface area (Å²) >= 11 is 0. The molecule has 1 N–H and O–H groups in total. The molecule has 3 rings (SSSR count). The van der Waals surface area contributed by atoms with E-state index in [1.54, 1.807) is 0 Å². The lowest BCUT2D eigenvalue weighted by Crippen LogP contribution is -2.43. The standard InChI is InChI=1S/C19H31N5O2/c1-19(2,3)26-18(25)21-10-14-6-5-8-24(12-14)17-20-11-15-13-23(4)9-7-16(15)22-17/h11,14H,5-10,12-13H2,1-4H3,(H,21,25). The molecule has 1 amide bonds. The van der Waals surface area contributed by atoms with Crippen molar-refractivity contribution in [2.75, 3.05) is 38.1 Å². The lowest BCUT2D eigenvalue weighted by Gasteiger charge is -2.34. The Morgan fingerprint density at radius 1 is 1.38 bits per heavy atom. The van der Waals surface area contributed by atoms with E-state index < -0.39 is 5.60 Å². The predicted octanol–water partition coefficient (Wildman–Crippen LogP) is 2.21. The van der Waals surface area contributed by atoms with E-state index in [-0.39, 0.29) is 6.09 Å². The number of alkyl carbamates (subject to hydrolysis) is 1. The summed E-state index contributed by atoms with van der Waals surface area (Å²) in [6.45, 7) is 10.1. The van der Waals surface area contributed by atoms with Gasteiger partial charge >= 0.3 is 6.09 Å². The van der Waals surface area contributed by atoms with Gasteiger partial charge in [-0.15, -0.1) is 0 Å². The van der Waals surface area contributed by atoms with E-state index in [4.69, 9.17) is 9.72 Å². The number of nitrogens with one attached hydrogen (secondary N) is 1. The fraction of sp³-hybridized carbons (Fsp3) is 0.737. The Kier molecular flexibility index (Phi) is 5.65. The third-order valence-electron chi connectivity index (χ3n) is 4.85. The first-order valence-electron chi connectivity index (χ1n) is 9.55. The number of likely N-dealkylation sites (N-methyl/N-ethyl adjacent to an activating group) is 1. The highest BCUT2D eigenvalue weighted by atomic mass is 16.6. The molecule has 1 aromatic heterocycles. The Morgan fingerprint density at radius 3 is 2.96 bits per heavy atom. The zero-order valence-corrected chi connectivity index (χ0v) is 16.4. The molecule has 1 unspecified atom stereocenters. The van der Waals surface area contributed by atoms with E-state index in [2.05, 4.69) is 27.1 Å². The number of piperidine rings is 1. The molecule has 0 bridgehead atoms. The Hall–Kier alpha value is -1.89. The predicted molar refractivity (Wildman–Crippen MR) is 101 cm³/mol. The van der Waals surface area contributed by atoms with Crippen LogP contribution in [0.25, 0.3) is 0 Å². The maximum Gasteiger partial charge on any atom is 0.407 e. The molecule has 1 atom stereocenters. The Bertz CT molecular complexity index is 643. The lowest BCUT2D eigenvalue weighted by molar-refractivity contribution is 0.0517. The van der Waals surface area contributed by atoms with Crippen LogP contribution in [-0.2, 0) is 17.7 Å². The van der Waals surface area contributed by atoms with Crippen molar-refractivity contribution in [1.29, 1.82) is 0 Å². The van der Waals surface area contributed by atoms with Crippen molar-refractivity contribution in [2.24, 2.45) is 5.92 Å². The molecular formula is C19H31N5O2. The zero-order chi connectivity index (χ0) is 18.7. The highest BCUT2D eigenvalue weighted by molar-refractivity contribution is 5.67. The lowest BCUT2D eigenvalue weighted by atomic mass is 9.98. The quantitative estimate of drug-likeness (QED) is 0.890. The average molecular weight is 361 g/mol. The minimum Gasteiger partial charge on any atom is -0.444 e. The number of anilines is 1. The summed E-state index contributed by atoms with van der Waals surface area (Å²) in [5.41, 5.74) is 1.96. The molecule has 0 aromatic carbocycles. The Balaban J connectivity index is 1.56. The van der Waals surface area contributed by atoms with Crippen molar-refractivity contribution in [1.82, 2.24) is 20.2 Å². The highest BCUT2D eigenvalue weighted by Gasteiger charge is 2.25. The molecule has 1 aromatic rings. The topological polar surface area (TPSA) is 70.6 Å². The Labute approximate surface area is 156 Å². The second-order valence-corrected chi connectivity index (χ2v) is 8.47. The summed E-state index contributed by atoms with van der Waals surface area (Å²) in [7, 11) is 2.13. The summed E-state index contributed by atoms with van der Waals surface area (Å²) in [5.74, 6) is 1.22. The Morgan fingerprint density at radius 2 is 2.19 bits per heavy atom. The van der Waals surface area contributed by atoms with Crippen molar-refractivity contribution in [3.05, 3.63) is 17.5 Å². The minimum atomic E-state index is -0.465. The molecule has 2 aliphatic rings. The summed E-state index contributed by atoms with van der Waals surface area (Å²) in [6.07, 6.45) is 4.81. The first-order chi connectivity index (χ1) is 12.3. The van der Waals surface area contributed by atoms with Gasteiger partial charge in [-0.3, -0.25) is 0 Å². The minimum absolute atomic E-state index is 0.344. The van der Waals surface area contributed by atoms with Crippen LogP contribution in [0.5, 0.6) is 0 Å². The van der Waals surface area contributed by atoms with E-state index in [9.17, 15) is 4.79 Å². The van der Waals surface area contributed by atoms with Gasteiger partial charge in [-0.05, 0) is 46.6 Å². The number of rotatable bonds is 3. The third kappa shape index (κ3) is 5.06. The van der Waals surface area contributed by atoms with Crippen molar-refractivity contribution >= 4 is 12.0 Å². The molecule has 7 heteroatoms. The van der Waals surface area contributed by atoms with Crippen LogP contribution in [0.1, 0.15) is 44.9 Å². The molecule has 144 valence electrons. The third-order valence-corrected chi connectivity index (χ3v) is 4.85. The monoisotopic (exact) mass is 361 g/mol. The molecule has 1 fully saturated rings. The number of hydrogen-bond acceptors (Lipinski definition) is 6. The van der Waals surface area contributed by atoms with E-state index in [1.807, 2.05) is 27.0 Å². The largest absolute Gasteiger partial charge is 0.444 e. The number of ether oxygens (including phenoxy) is 1. The molecule has 0 aliphatic carbocycles. The second-order valence-electron chi connectivity index (χ2n) is 8.47. The molecule has 0 spiro atoms. The van der Waals surface area contributed by atoms with Crippen molar-refractivity contribution in [2.45, 2.75) is 52.2 Å². The number of aromatic nitrogens is 2. The van der Waals surface area contributed by atoms with Crippen LogP contribution in [0, 0.1) is 5.92 Å². The molecule has 0 saturated carbocycles. The fourth-order valence-electron chi connectivity index (χ4n) is 3.55. The number of amides is 1. The van der Waals surface area contributed by atoms with Gasteiger partial charge in [-0.2, -0.15) is 0 Å². The summed E-state index contributed by atoms with van der Waals surface area (Å²) in [6, 6.07) is 0. The van der Waals surface area contributed by atoms with Crippen LogP contribution in [-0.4, -0.2) is 59.8 Å². The van der Waals surface area contributed by atoms with Crippen LogP contribution >= 0.6 is 0 Å². The van der Waals surface area contributed by atoms with E-state index in [1.165, 1.54) is 11.3 Å². The molecule has 3 heterocycles. The number of nitrogens with zero attached hydrogens (tertiary/aromatic N) is 4. The molecule has 26 heavy (non-hydrogen) atoms. The van der Waals surface area contributed by atoms with Crippen LogP contribution < -0.4 is 10.2 Å². The van der Waals surface area contributed by atoms with Gasteiger partial charge in [0.05, 0.1) is 5.69 Å². The van der Waals surface area contributed by atoms with E-state index in [0.717, 1.165) is 51.4 Å². The van der Waals surface area contributed by atoms with Gasteiger partial charge in [-0.1, -0.05) is 0 Å². The maximum atomic E-state index is 11.9. The summed E-state index contributed by atoms with van der Waals surface area (Å²) in [4.78, 5) is 25.8. The molecule has 2 aliphatic heterocycles. The van der Waals surface area contributed by atoms with Gasteiger partial charge < -0.3 is 19.9 Å². The molecule has 0 radical (unpaired) electrons.